The number of halogens is 1. The molecule has 2 N–H and O–H groups in total. The van der Waals surface area contributed by atoms with E-state index in [1.165, 1.54) is 12.1 Å². The molecule has 8 heteroatoms. The summed E-state index contributed by atoms with van der Waals surface area (Å²) in [7, 11) is 0. The van der Waals surface area contributed by atoms with Crippen molar-refractivity contribution < 1.29 is 28.4 Å². The second kappa shape index (κ2) is 7.85. The van der Waals surface area contributed by atoms with E-state index in [9.17, 15) is 14.0 Å². The summed E-state index contributed by atoms with van der Waals surface area (Å²) in [5, 5.41) is 2.71. The summed E-state index contributed by atoms with van der Waals surface area (Å²) in [5.41, 5.74) is 1.01. The number of fused-ring (bicyclic) bond motifs is 1. The molecule has 7 nitrogen and oxygen atoms in total. The first-order valence-electron chi connectivity index (χ1n) is 9.16. The Morgan fingerprint density at radius 3 is 2.64 bits per heavy atom. The van der Waals surface area contributed by atoms with Crippen molar-refractivity contribution in [1.29, 1.82) is 0 Å². The van der Waals surface area contributed by atoms with Crippen LogP contribution in [0.1, 0.15) is 10.4 Å². The van der Waals surface area contributed by atoms with Gasteiger partial charge in [-0.25, -0.2) is 4.39 Å². The number of nitrogens with zero attached hydrogens (tertiary/aromatic N) is 1. The average Bonchev–Trinajstić information content (AvgIpc) is 3.16. The number of hydrogen-bond donors (Lipinski definition) is 2. The molecule has 0 spiro atoms. The third-order valence-electron chi connectivity index (χ3n) is 4.90. The van der Waals surface area contributed by atoms with E-state index >= 15 is 0 Å². The maximum absolute atomic E-state index is 13.2. The van der Waals surface area contributed by atoms with Crippen LogP contribution in [-0.4, -0.2) is 56.2 Å². The van der Waals surface area contributed by atoms with Gasteiger partial charge in [0.15, 0.2) is 18.0 Å². The molecule has 0 aromatic heterocycles. The van der Waals surface area contributed by atoms with Gasteiger partial charge < -0.3 is 24.6 Å². The van der Waals surface area contributed by atoms with Gasteiger partial charge in [-0.3, -0.25) is 9.59 Å². The fourth-order valence-electron chi connectivity index (χ4n) is 3.41. The molecule has 0 saturated carbocycles. The molecule has 2 aromatic rings. The molecule has 1 saturated heterocycles. The number of amides is 2. The molecule has 0 unspecified atom stereocenters. The highest BCUT2D eigenvalue weighted by Crippen LogP contribution is 2.32. The normalized spacial score (nSPS) is 16.1. The summed E-state index contributed by atoms with van der Waals surface area (Å²) < 4.78 is 23.8. The molecule has 2 aliphatic rings. The zero-order valence-corrected chi connectivity index (χ0v) is 15.2. The quantitative estimate of drug-likeness (QED) is 0.804. The summed E-state index contributed by atoms with van der Waals surface area (Å²) in [6, 6.07) is 11.0. The molecule has 4 rings (SSSR count). The highest BCUT2D eigenvalue weighted by molar-refractivity contribution is 5.95. The molecule has 0 atom stereocenters. The van der Waals surface area contributed by atoms with Gasteiger partial charge in [-0.05, 0) is 36.4 Å². The van der Waals surface area contributed by atoms with Crippen LogP contribution in [0.2, 0.25) is 0 Å². The van der Waals surface area contributed by atoms with Gasteiger partial charge in [-0.2, -0.15) is 0 Å². The number of benzene rings is 2. The molecule has 0 bridgehead atoms. The van der Waals surface area contributed by atoms with Crippen molar-refractivity contribution in [2.45, 2.75) is 0 Å². The Morgan fingerprint density at radius 2 is 1.86 bits per heavy atom. The molecule has 2 heterocycles. The number of nitrogens with one attached hydrogen (secondary N) is 2. The zero-order chi connectivity index (χ0) is 19.5. The monoisotopic (exact) mass is 386 g/mol. The summed E-state index contributed by atoms with van der Waals surface area (Å²) in [6.07, 6.45) is 0. The first kappa shape index (κ1) is 18.2. The van der Waals surface area contributed by atoms with Gasteiger partial charge in [0.05, 0.1) is 26.2 Å². The second-order valence-corrected chi connectivity index (χ2v) is 6.85. The lowest BCUT2D eigenvalue weighted by Crippen LogP contribution is -3.15. The Labute approximate surface area is 161 Å². The van der Waals surface area contributed by atoms with Crippen LogP contribution in [0.3, 0.4) is 0 Å². The minimum Gasteiger partial charge on any atom is -0.454 e. The predicted octanol–water partition coefficient (Wildman–Crippen LogP) is 0.534. The maximum Gasteiger partial charge on any atom is 0.279 e. The van der Waals surface area contributed by atoms with Crippen LogP contribution < -0.4 is 19.7 Å². The van der Waals surface area contributed by atoms with Gasteiger partial charge in [0.2, 0.25) is 6.79 Å². The summed E-state index contributed by atoms with van der Waals surface area (Å²) in [5.74, 6) is 0.623. The number of hydrogen-bond acceptors (Lipinski definition) is 4. The minimum absolute atomic E-state index is 0.0541. The Bertz CT molecular complexity index is 897. The smallest absolute Gasteiger partial charge is 0.279 e. The summed E-state index contributed by atoms with van der Waals surface area (Å²) in [4.78, 5) is 27.8. The number of quaternary nitrogens is 1. The molecule has 0 radical (unpaired) electrons. The van der Waals surface area contributed by atoms with E-state index in [1.54, 1.807) is 35.2 Å². The Hall–Kier alpha value is -3.13. The largest absolute Gasteiger partial charge is 0.454 e. The average molecular weight is 386 g/mol. The van der Waals surface area contributed by atoms with Crippen molar-refractivity contribution in [3.63, 3.8) is 0 Å². The van der Waals surface area contributed by atoms with E-state index in [2.05, 4.69) is 5.32 Å². The number of carbonyl (C=O) groups is 2. The van der Waals surface area contributed by atoms with Crippen LogP contribution in [0.25, 0.3) is 0 Å². The number of ether oxygens (including phenoxy) is 2. The lowest BCUT2D eigenvalue weighted by atomic mass is 10.1. The number of rotatable bonds is 4. The molecule has 146 valence electrons. The van der Waals surface area contributed by atoms with Gasteiger partial charge in [-0.15, -0.1) is 0 Å². The number of anilines is 1. The van der Waals surface area contributed by atoms with E-state index in [-0.39, 0.29) is 31.0 Å². The third-order valence-corrected chi connectivity index (χ3v) is 4.90. The van der Waals surface area contributed by atoms with Crippen molar-refractivity contribution in [2.75, 3.05) is 44.8 Å². The molecule has 2 aromatic carbocycles. The highest BCUT2D eigenvalue weighted by atomic mass is 19.1. The Balaban J connectivity index is 1.28. The van der Waals surface area contributed by atoms with Gasteiger partial charge >= 0.3 is 0 Å². The van der Waals surface area contributed by atoms with Crippen molar-refractivity contribution in [1.82, 2.24) is 4.90 Å². The van der Waals surface area contributed by atoms with Gasteiger partial charge in [0.1, 0.15) is 5.82 Å². The van der Waals surface area contributed by atoms with Gasteiger partial charge in [0, 0.05) is 11.3 Å². The Morgan fingerprint density at radius 1 is 1.07 bits per heavy atom. The van der Waals surface area contributed by atoms with Crippen LogP contribution in [0.4, 0.5) is 10.1 Å². The highest BCUT2D eigenvalue weighted by Gasteiger charge is 2.27. The van der Waals surface area contributed by atoms with E-state index < -0.39 is 0 Å². The Kier molecular flexibility index (Phi) is 5.12. The van der Waals surface area contributed by atoms with Crippen LogP contribution in [0.15, 0.2) is 42.5 Å². The van der Waals surface area contributed by atoms with E-state index in [4.69, 9.17) is 9.47 Å². The van der Waals surface area contributed by atoms with E-state index in [0.29, 0.717) is 48.9 Å². The van der Waals surface area contributed by atoms with E-state index in [0.717, 1.165) is 4.90 Å². The molecule has 2 aliphatic heterocycles. The topological polar surface area (TPSA) is 72.3 Å². The fourth-order valence-corrected chi connectivity index (χ4v) is 3.41. The zero-order valence-electron chi connectivity index (χ0n) is 15.2. The maximum atomic E-state index is 13.2. The second-order valence-electron chi connectivity index (χ2n) is 6.85. The first-order chi connectivity index (χ1) is 13.6. The van der Waals surface area contributed by atoms with Crippen molar-refractivity contribution in [3.8, 4) is 11.5 Å². The van der Waals surface area contributed by atoms with Crippen LogP contribution >= 0.6 is 0 Å². The molecular weight excluding hydrogens is 365 g/mol. The van der Waals surface area contributed by atoms with Crippen molar-refractivity contribution >= 4 is 17.5 Å². The van der Waals surface area contributed by atoms with Crippen molar-refractivity contribution in [2.24, 2.45) is 0 Å². The van der Waals surface area contributed by atoms with E-state index in [1.807, 2.05) is 0 Å². The molecule has 1 fully saturated rings. The fraction of sp³-hybridized carbons (Fsp3) is 0.300. The molecule has 28 heavy (non-hydrogen) atoms. The molecule has 0 aliphatic carbocycles. The third kappa shape index (κ3) is 4.07. The summed E-state index contributed by atoms with van der Waals surface area (Å²) >= 11 is 0. The SMILES string of the molecule is O=C(C[NH+]1CCN(C(=O)c2ccc3c(c2)OCO3)CC1)Nc1cccc(F)c1. The number of piperazine rings is 1. The standard InChI is InChI=1S/C20H20FN3O4/c21-15-2-1-3-16(11-15)22-19(25)12-23-6-8-24(9-7-23)20(26)14-4-5-17-18(10-14)28-13-27-17/h1-5,10-11H,6-9,12-13H2,(H,22,25)/p+1. The predicted molar refractivity (Wildman–Crippen MR) is 99.1 cm³/mol. The number of carbonyl (C=O) groups excluding carboxylic acids is 2. The van der Waals surface area contributed by atoms with Gasteiger partial charge in [0.25, 0.3) is 11.8 Å². The lowest BCUT2D eigenvalue weighted by molar-refractivity contribution is -0.895. The van der Waals surface area contributed by atoms with Crippen LogP contribution in [-0.2, 0) is 4.79 Å². The van der Waals surface area contributed by atoms with Crippen LogP contribution in [0.5, 0.6) is 11.5 Å². The lowest BCUT2D eigenvalue weighted by Gasteiger charge is -2.32. The van der Waals surface area contributed by atoms with Crippen molar-refractivity contribution in [3.05, 3.63) is 53.8 Å². The molecule has 2 amide bonds. The minimum atomic E-state index is -0.388. The molecular formula is C20H21FN3O4+. The van der Waals surface area contributed by atoms with Crippen LogP contribution in [0, 0.1) is 5.82 Å². The first-order valence-corrected chi connectivity index (χ1v) is 9.16. The van der Waals surface area contributed by atoms with Gasteiger partial charge in [-0.1, -0.05) is 6.07 Å². The summed E-state index contributed by atoms with van der Waals surface area (Å²) in [6.45, 7) is 2.93.